The summed E-state index contributed by atoms with van der Waals surface area (Å²) in [5.74, 6) is -0.321. The predicted octanol–water partition coefficient (Wildman–Crippen LogP) is 4.03. The maximum Gasteiger partial charge on any atom is 0.329 e. The van der Waals surface area contributed by atoms with Gasteiger partial charge in [-0.2, -0.15) is 5.10 Å². The number of hydrazone groups is 1. The van der Waals surface area contributed by atoms with Crippen LogP contribution in [-0.4, -0.2) is 32.2 Å². The van der Waals surface area contributed by atoms with Gasteiger partial charge in [0.1, 0.15) is 12.4 Å². The normalized spacial score (nSPS) is 10.5. The second kappa shape index (κ2) is 11.5. The molecule has 0 aliphatic rings. The lowest BCUT2D eigenvalue weighted by molar-refractivity contribution is -0.136. The molecular weight excluding hydrogens is 446 g/mol. The summed E-state index contributed by atoms with van der Waals surface area (Å²) in [6, 6.07) is 19.3. The molecule has 0 aliphatic carbocycles. The molecule has 0 aliphatic heterocycles. The first-order valence-electron chi connectivity index (χ1n) is 9.83. The fraction of sp³-hybridized carbons (Fsp3) is 0.125. The molecule has 170 valence electrons. The molecule has 3 aromatic carbocycles. The van der Waals surface area contributed by atoms with Crippen LogP contribution in [0.25, 0.3) is 0 Å². The van der Waals surface area contributed by atoms with Crippen molar-refractivity contribution in [2.75, 3.05) is 19.5 Å². The Labute approximate surface area is 196 Å². The van der Waals surface area contributed by atoms with Gasteiger partial charge in [-0.1, -0.05) is 35.9 Å². The molecule has 0 bridgehead atoms. The van der Waals surface area contributed by atoms with Crippen molar-refractivity contribution < 1.29 is 23.8 Å². The van der Waals surface area contributed by atoms with Crippen molar-refractivity contribution in [3.05, 3.63) is 82.9 Å². The minimum absolute atomic E-state index is 0.346. The summed E-state index contributed by atoms with van der Waals surface area (Å²) >= 11 is 5.89. The van der Waals surface area contributed by atoms with Crippen LogP contribution in [0.1, 0.15) is 11.1 Å². The molecule has 8 nitrogen and oxygen atoms in total. The lowest BCUT2D eigenvalue weighted by atomic mass is 10.2. The highest BCUT2D eigenvalue weighted by Gasteiger charge is 2.15. The van der Waals surface area contributed by atoms with E-state index < -0.39 is 11.8 Å². The van der Waals surface area contributed by atoms with E-state index >= 15 is 0 Å². The maximum atomic E-state index is 12.1. The third-order valence-corrected chi connectivity index (χ3v) is 4.69. The summed E-state index contributed by atoms with van der Waals surface area (Å²) in [5, 5.41) is 6.96. The number of halogens is 1. The van der Waals surface area contributed by atoms with Crippen LogP contribution in [0.2, 0.25) is 5.02 Å². The first kappa shape index (κ1) is 23.6. The Bertz CT molecular complexity index is 1150. The zero-order valence-corrected chi connectivity index (χ0v) is 18.8. The first-order chi connectivity index (χ1) is 16.0. The van der Waals surface area contributed by atoms with Crippen LogP contribution in [0.3, 0.4) is 0 Å². The van der Waals surface area contributed by atoms with Crippen molar-refractivity contribution >= 4 is 35.3 Å². The quantitative estimate of drug-likeness (QED) is 0.296. The van der Waals surface area contributed by atoms with Gasteiger partial charge >= 0.3 is 11.8 Å². The molecule has 3 aromatic rings. The zero-order valence-electron chi connectivity index (χ0n) is 18.0. The summed E-state index contributed by atoms with van der Waals surface area (Å²) in [7, 11) is 2.99. The number of benzene rings is 3. The van der Waals surface area contributed by atoms with E-state index in [1.807, 2.05) is 12.1 Å². The van der Waals surface area contributed by atoms with Crippen molar-refractivity contribution in [1.29, 1.82) is 0 Å². The SMILES string of the molecule is COc1ccccc1NC(=O)C(=O)N/N=C\c1ccc(OCc2ccc(Cl)cc2)c(OC)c1. The van der Waals surface area contributed by atoms with Crippen molar-refractivity contribution in [2.24, 2.45) is 5.10 Å². The van der Waals surface area contributed by atoms with E-state index in [0.29, 0.717) is 40.1 Å². The largest absolute Gasteiger partial charge is 0.495 e. The minimum Gasteiger partial charge on any atom is -0.495 e. The Morgan fingerprint density at radius 3 is 2.36 bits per heavy atom. The van der Waals surface area contributed by atoms with Crippen molar-refractivity contribution in [1.82, 2.24) is 5.43 Å². The van der Waals surface area contributed by atoms with Crippen LogP contribution in [-0.2, 0) is 16.2 Å². The Morgan fingerprint density at radius 2 is 1.64 bits per heavy atom. The molecule has 0 saturated carbocycles. The van der Waals surface area contributed by atoms with Gasteiger partial charge in [0.2, 0.25) is 0 Å². The van der Waals surface area contributed by atoms with Crippen molar-refractivity contribution in [2.45, 2.75) is 6.61 Å². The lowest BCUT2D eigenvalue weighted by Gasteiger charge is -2.11. The first-order valence-corrected chi connectivity index (χ1v) is 10.2. The number of nitrogens with zero attached hydrogens (tertiary/aromatic N) is 1. The number of carbonyl (C=O) groups is 2. The van der Waals surface area contributed by atoms with E-state index in [1.54, 1.807) is 54.6 Å². The molecule has 0 unspecified atom stereocenters. The maximum absolute atomic E-state index is 12.1. The molecule has 0 heterocycles. The van der Waals surface area contributed by atoms with Gasteiger partial charge < -0.3 is 19.5 Å². The van der Waals surface area contributed by atoms with Gasteiger partial charge in [-0.3, -0.25) is 9.59 Å². The number of rotatable bonds is 8. The topological polar surface area (TPSA) is 98.2 Å². The second-order valence-corrected chi connectivity index (χ2v) is 7.12. The van der Waals surface area contributed by atoms with Gasteiger partial charge in [0.25, 0.3) is 0 Å². The Kier molecular flexibility index (Phi) is 8.26. The smallest absolute Gasteiger partial charge is 0.329 e. The van der Waals surface area contributed by atoms with Crippen LogP contribution >= 0.6 is 11.6 Å². The van der Waals surface area contributed by atoms with Gasteiger partial charge in [0.05, 0.1) is 26.1 Å². The Hall–Kier alpha value is -4.04. The fourth-order valence-electron chi connectivity index (χ4n) is 2.77. The van der Waals surface area contributed by atoms with E-state index in [-0.39, 0.29) is 0 Å². The molecule has 2 amide bonds. The van der Waals surface area contributed by atoms with Crippen LogP contribution in [0.15, 0.2) is 71.8 Å². The van der Waals surface area contributed by atoms with Crippen LogP contribution in [0.5, 0.6) is 17.2 Å². The third-order valence-electron chi connectivity index (χ3n) is 4.44. The fourth-order valence-corrected chi connectivity index (χ4v) is 2.89. The van der Waals surface area contributed by atoms with Gasteiger partial charge in [-0.25, -0.2) is 5.43 Å². The predicted molar refractivity (Wildman–Crippen MR) is 126 cm³/mol. The highest BCUT2D eigenvalue weighted by atomic mass is 35.5. The number of ether oxygens (including phenoxy) is 3. The molecule has 0 saturated heterocycles. The van der Waals surface area contributed by atoms with E-state index in [4.69, 9.17) is 25.8 Å². The van der Waals surface area contributed by atoms with Crippen LogP contribution in [0.4, 0.5) is 5.69 Å². The van der Waals surface area contributed by atoms with Crippen molar-refractivity contribution in [3.8, 4) is 17.2 Å². The zero-order chi connectivity index (χ0) is 23.6. The number of methoxy groups -OCH3 is 2. The second-order valence-electron chi connectivity index (χ2n) is 6.68. The number of para-hydroxylation sites is 2. The summed E-state index contributed by atoms with van der Waals surface area (Å²) in [5.41, 5.74) is 4.16. The lowest BCUT2D eigenvalue weighted by Crippen LogP contribution is -2.32. The molecule has 9 heteroatoms. The number of amides is 2. The van der Waals surface area contributed by atoms with Gasteiger partial charge in [0, 0.05) is 5.02 Å². The molecule has 3 rings (SSSR count). The Balaban J connectivity index is 1.57. The van der Waals surface area contributed by atoms with Crippen LogP contribution < -0.4 is 25.0 Å². The van der Waals surface area contributed by atoms with Gasteiger partial charge in [-0.15, -0.1) is 0 Å². The number of nitrogens with one attached hydrogen (secondary N) is 2. The summed E-state index contributed by atoms with van der Waals surface area (Å²) in [6.45, 7) is 0.346. The van der Waals surface area contributed by atoms with Gasteiger partial charge in [0.15, 0.2) is 11.5 Å². The molecule has 0 atom stereocenters. The minimum atomic E-state index is -0.924. The summed E-state index contributed by atoms with van der Waals surface area (Å²) in [4.78, 5) is 24.1. The molecule has 33 heavy (non-hydrogen) atoms. The number of hydrogen-bond donors (Lipinski definition) is 2. The molecule has 0 aromatic heterocycles. The van der Waals surface area contributed by atoms with Crippen molar-refractivity contribution in [3.63, 3.8) is 0 Å². The molecular formula is C24H22ClN3O5. The Morgan fingerprint density at radius 1 is 0.909 bits per heavy atom. The van der Waals surface area contributed by atoms with E-state index in [1.165, 1.54) is 20.4 Å². The van der Waals surface area contributed by atoms with Crippen LogP contribution in [0, 0.1) is 0 Å². The van der Waals surface area contributed by atoms with E-state index in [9.17, 15) is 9.59 Å². The average Bonchev–Trinajstić information content (AvgIpc) is 2.84. The number of carbonyl (C=O) groups excluding carboxylic acids is 2. The summed E-state index contributed by atoms with van der Waals surface area (Å²) in [6.07, 6.45) is 1.39. The average molecular weight is 468 g/mol. The summed E-state index contributed by atoms with van der Waals surface area (Å²) < 4.78 is 16.3. The molecule has 0 fully saturated rings. The highest BCUT2D eigenvalue weighted by molar-refractivity contribution is 6.39. The molecule has 0 radical (unpaired) electrons. The monoisotopic (exact) mass is 467 g/mol. The highest BCUT2D eigenvalue weighted by Crippen LogP contribution is 2.28. The van der Waals surface area contributed by atoms with E-state index in [2.05, 4.69) is 15.8 Å². The molecule has 2 N–H and O–H groups in total. The number of anilines is 1. The molecule has 0 spiro atoms. The van der Waals surface area contributed by atoms with E-state index in [0.717, 1.165) is 5.56 Å². The number of hydrogen-bond acceptors (Lipinski definition) is 6. The van der Waals surface area contributed by atoms with Gasteiger partial charge in [-0.05, 0) is 53.6 Å². The third kappa shape index (κ3) is 6.72. The standard InChI is InChI=1S/C24H22ClN3O5/c1-31-20-6-4-3-5-19(20)27-23(29)24(30)28-26-14-17-9-12-21(22(13-17)32-2)33-15-16-7-10-18(25)11-8-16/h3-14H,15H2,1-2H3,(H,27,29)(H,28,30)/b26-14-.